The van der Waals surface area contributed by atoms with Crippen molar-refractivity contribution in [3.8, 4) is 0 Å². The highest BCUT2D eigenvalue weighted by Crippen LogP contribution is 2.27. The molecule has 6 nitrogen and oxygen atoms in total. The lowest BCUT2D eigenvalue weighted by Gasteiger charge is -2.28. The molecule has 1 aromatic heterocycles. The van der Waals surface area contributed by atoms with Crippen molar-refractivity contribution < 1.29 is 17.6 Å². The highest BCUT2D eigenvalue weighted by Gasteiger charge is 2.24. The van der Waals surface area contributed by atoms with Crippen molar-refractivity contribution in [1.29, 1.82) is 0 Å². The van der Waals surface area contributed by atoms with E-state index in [1.165, 1.54) is 12.3 Å². The van der Waals surface area contributed by atoms with Gasteiger partial charge in [-0.1, -0.05) is 18.2 Å². The van der Waals surface area contributed by atoms with E-state index in [0.29, 0.717) is 35.4 Å². The van der Waals surface area contributed by atoms with Crippen LogP contribution in [0.1, 0.15) is 21.7 Å². The highest BCUT2D eigenvalue weighted by atomic mass is 79.9. The van der Waals surface area contributed by atoms with Gasteiger partial charge in [-0.15, -0.1) is 0 Å². The molecule has 2 heterocycles. The fraction of sp³-hybridized carbons (Fsp3) is 0.150. The average Bonchev–Trinajstić information content (AvgIpc) is 3.21. The standard InChI is InChI=1S/C20H17BrN2O4S/c21-17-4-1-2-6-19(17)28(25,26)22-16-8-7-14-9-10-23(13-15(14)12-16)20(24)18-5-3-11-27-18/h1-8,11-12,22H,9-10,13H2. The van der Waals surface area contributed by atoms with E-state index < -0.39 is 10.0 Å². The molecule has 144 valence electrons. The van der Waals surface area contributed by atoms with Gasteiger partial charge in [-0.05, 0) is 69.9 Å². The largest absolute Gasteiger partial charge is 0.459 e. The number of fused-ring (bicyclic) bond motifs is 1. The van der Waals surface area contributed by atoms with Crippen LogP contribution in [-0.4, -0.2) is 25.8 Å². The Morgan fingerprint density at radius 1 is 1.07 bits per heavy atom. The van der Waals surface area contributed by atoms with Crippen LogP contribution in [0.25, 0.3) is 0 Å². The van der Waals surface area contributed by atoms with Gasteiger partial charge in [0.2, 0.25) is 0 Å². The summed E-state index contributed by atoms with van der Waals surface area (Å²) in [6.07, 6.45) is 2.18. The second kappa shape index (κ2) is 7.44. The molecule has 1 aliphatic heterocycles. The molecule has 8 heteroatoms. The van der Waals surface area contributed by atoms with Crippen LogP contribution in [0.3, 0.4) is 0 Å². The minimum absolute atomic E-state index is 0.169. The Balaban J connectivity index is 1.57. The number of rotatable bonds is 4. The topological polar surface area (TPSA) is 79.6 Å². The van der Waals surface area contributed by atoms with E-state index >= 15 is 0 Å². The lowest BCUT2D eigenvalue weighted by Crippen LogP contribution is -2.35. The molecule has 0 aliphatic carbocycles. The average molecular weight is 461 g/mol. The summed E-state index contributed by atoms with van der Waals surface area (Å²) in [7, 11) is -3.73. The number of carbonyl (C=O) groups is 1. The predicted octanol–water partition coefficient (Wildman–Crippen LogP) is 4.04. The summed E-state index contributed by atoms with van der Waals surface area (Å²) < 4.78 is 33.7. The van der Waals surface area contributed by atoms with Gasteiger partial charge in [0.1, 0.15) is 4.90 Å². The molecule has 1 N–H and O–H groups in total. The van der Waals surface area contributed by atoms with Gasteiger partial charge >= 0.3 is 0 Å². The zero-order chi connectivity index (χ0) is 19.7. The number of amides is 1. The van der Waals surface area contributed by atoms with E-state index in [2.05, 4.69) is 20.7 Å². The molecule has 0 radical (unpaired) electrons. The van der Waals surface area contributed by atoms with Crippen LogP contribution in [0.4, 0.5) is 5.69 Å². The van der Waals surface area contributed by atoms with Crippen molar-refractivity contribution in [3.63, 3.8) is 0 Å². The van der Waals surface area contributed by atoms with Crippen molar-refractivity contribution in [2.45, 2.75) is 17.9 Å². The molecule has 0 fully saturated rings. The lowest BCUT2D eigenvalue weighted by molar-refractivity contribution is 0.0702. The quantitative estimate of drug-likeness (QED) is 0.636. The Morgan fingerprint density at radius 2 is 1.89 bits per heavy atom. The first kappa shape index (κ1) is 18.8. The summed E-state index contributed by atoms with van der Waals surface area (Å²) >= 11 is 3.28. The molecule has 2 aromatic carbocycles. The molecule has 0 saturated carbocycles. The number of anilines is 1. The molecule has 0 bridgehead atoms. The molecule has 0 saturated heterocycles. The number of nitrogens with one attached hydrogen (secondary N) is 1. The molecule has 28 heavy (non-hydrogen) atoms. The SMILES string of the molecule is O=C(c1ccco1)N1CCc2ccc(NS(=O)(=O)c3ccccc3Br)cc2C1. The van der Waals surface area contributed by atoms with E-state index in [0.717, 1.165) is 11.1 Å². The van der Waals surface area contributed by atoms with E-state index in [-0.39, 0.29) is 10.8 Å². The number of hydrogen-bond acceptors (Lipinski definition) is 4. The van der Waals surface area contributed by atoms with E-state index in [1.807, 2.05) is 6.07 Å². The van der Waals surface area contributed by atoms with Crippen molar-refractivity contribution in [2.24, 2.45) is 0 Å². The molecule has 0 unspecified atom stereocenters. The normalized spacial score (nSPS) is 13.8. The van der Waals surface area contributed by atoms with Crippen LogP contribution in [0.2, 0.25) is 0 Å². The van der Waals surface area contributed by atoms with E-state index in [1.54, 1.807) is 47.4 Å². The third kappa shape index (κ3) is 3.70. The Hall–Kier alpha value is -2.58. The lowest BCUT2D eigenvalue weighted by atomic mass is 9.99. The van der Waals surface area contributed by atoms with E-state index in [4.69, 9.17) is 4.42 Å². The van der Waals surface area contributed by atoms with Crippen molar-refractivity contribution in [1.82, 2.24) is 4.90 Å². The summed E-state index contributed by atoms with van der Waals surface area (Å²) in [4.78, 5) is 14.4. The number of carbonyl (C=O) groups excluding carboxylic acids is 1. The number of nitrogens with zero attached hydrogens (tertiary/aromatic N) is 1. The number of benzene rings is 2. The first-order valence-corrected chi connectivity index (χ1v) is 10.9. The maximum Gasteiger partial charge on any atom is 0.289 e. The Morgan fingerprint density at radius 3 is 2.64 bits per heavy atom. The fourth-order valence-electron chi connectivity index (χ4n) is 3.22. The maximum absolute atomic E-state index is 12.7. The minimum Gasteiger partial charge on any atom is -0.459 e. The number of hydrogen-bond donors (Lipinski definition) is 1. The van der Waals surface area contributed by atoms with Crippen LogP contribution in [0.15, 0.2) is 74.6 Å². The predicted molar refractivity (Wildman–Crippen MR) is 109 cm³/mol. The van der Waals surface area contributed by atoms with Crippen LogP contribution in [0.5, 0.6) is 0 Å². The molecule has 0 atom stereocenters. The van der Waals surface area contributed by atoms with E-state index in [9.17, 15) is 13.2 Å². The van der Waals surface area contributed by atoms with Crippen LogP contribution >= 0.6 is 15.9 Å². The summed E-state index contributed by atoms with van der Waals surface area (Å²) in [5, 5.41) is 0. The van der Waals surface area contributed by atoms with Gasteiger partial charge in [-0.25, -0.2) is 8.42 Å². The molecular weight excluding hydrogens is 444 g/mol. The summed E-state index contributed by atoms with van der Waals surface area (Å²) in [6.45, 7) is 0.994. The second-order valence-electron chi connectivity index (χ2n) is 6.47. The van der Waals surface area contributed by atoms with Gasteiger partial charge in [-0.2, -0.15) is 0 Å². The Labute approximate surface area is 171 Å². The molecule has 1 aliphatic rings. The van der Waals surface area contributed by atoms with Crippen LogP contribution in [-0.2, 0) is 23.0 Å². The summed E-state index contributed by atoms with van der Waals surface area (Å²) in [5.74, 6) is 0.129. The van der Waals surface area contributed by atoms with Crippen molar-refractivity contribution in [2.75, 3.05) is 11.3 Å². The summed E-state index contributed by atoms with van der Waals surface area (Å²) in [5.41, 5.74) is 2.48. The van der Waals surface area contributed by atoms with Gasteiger partial charge in [0.25, 0.3) is 15.9 Å². The monoisotopic (exact) mass is 460 g/mol. The number of halogens is 1. The zero-order valence-electron chi connectivity index (χ0n) is 14.8. The molecule has 3 aromatic rings. The Kier molecular flexibility index (Phi) is 4.99. The van der Waals surface area contributed by atoms with Crippen molar-refractivity contribution in [3.05, 3.63) is 82.2 Å². The molecule has 4 rings (SSSR count). The molecule has 1 amide bonds. The number of furan rings is 1. The highest BCUT2D eigenvalue weighted by molar-refractivity contribution is 9.10. The maximum atomic E-state index is 12.7. The van der Waals surface area contributed by atoms with Gasteiger partial charge in [0, 0.05) is 23.2 Å². The van der Waals surface area contributed by atoms with Crippen molar-refractivity contribution >= 4 is 37.5 Å². The van der Waals surface area contributed by atoms with Gasteiger partial charge in [0.05, 0.1) is 6.26 Å². The van der Waals surface area contributed by atoms with Crippen LogP contribution < -0.4 is 4.72 Å². The van der Waals surface area contributed by atoms with Gasteiger partial charge in [-0.3, -0.25) is 9.52 Å². The first-order valence-electron chi connectivity index (χ1n) is 8.66. The minimum atomic E-state index is -3.73. The first-order chi connectivity index (χ1) is 13.4. The Bertz CT molecular complexity index is 1130. The van der Waals surface area contributed by atoms with Gasteiger partial charge in [0.15, 0.2) is 5.76 Å². The second-order valence-corrected chi connectivity index (χ2v) is 8.98. The molecule has 0 spiro atoms. The summed E-state index contributed by atoms with van der Waals surface area (Å²) in [6, 6.07) is 15.4. The third-order valence-corrected chi connectivity index (χ3v) is 7.01. The smallest absolute Gasteiger partial charge is 0.289 e. The number of sulfonamides is 1. The van der Waals surface area contributed by atoms with Gasteiger partial charge < -0.3 is 9.32 Å². The zero-order valence-corrected chi connectivity index (χ0v) is 17.2. The van der Waals surface area contributed by atoms with Crippen LogP contribution in [0, 0.1) is 0 Å². The molecular formula is C20H17BrN2O4S. The third-order valence-electron chi connectivity index (χ3n) is 4.62. The fourth-order valence-corrected chi connectivity index (χ4v) is 5.28.